The van der Waals surface area contributed by atoms with Gasteiger partial charge in [0.25, 0.3) is 5.91 Å². The minimum atomic E-state index is -0.417. The van der Waals surface area contributed by atoms with E-state index in [1.54, 1.807) is 30.3 Å². The van der Waals surface area contributed by atoms with Gasteiger partial charge in [0, 0.05) is 11.1 Å². The van der Waals surface area contributed by atoms with Crippen molar-refractivity contribution >= 4 is 45.7 Å². The van der Waals surface area contributed by atoms with Crippen LogP contribution in [0.3, 0.4) is 0 Å². The summed E-state index contributed by atoms with van der Waals surface area (Å²) in [5.41, 5.74) is 2.05. The molecular weight excluding hydrogens is 373 g/mol. The Balaban J connectivity index is 1.83. The second kappa shape index (κ2) is 7.61. The van der Waals surface area contributed by atoms with Crippen LogP contribution in [0.2, 0.25) is 10.0 Å². The summed E-state index contributed by atoms with van der Waals surface area (Å²) in [6.45, 7) is 1.55. The van der Waals surface area contributed by atoms with E-state index in [-0.39, 0.29) is 11.6 Å². The highest BCUT2D eigenvalue weighted by Gasteiger charge is 2.15. The molecule has 0 radical (unpaired) electrons. The standard InChI is InChI=1S/C19H13Cl2N3O2/c1-11-6-7-13-14(20)8-15(21)19(18(13)23-11)26-10-17(25)24-16-5-3-2-4-12(16)9-22/h2-8H,10H2,1H3,(H,24,25). The number of benzene rings is 2. The molecule has 0 fully saturated rings. The Labute approximate surface area is 160 Å². The average molecular weight is 386 g/mol. The Morgan fingerprint density at radius 2 is 2.00 bits per heavy atom. The number of amides is 1. The van der Waals surface area contributed by atoms with Crippen LogP contribution >= 0.6 is 23.2 Å². The molecule has 1 amide bonds. The number of hydrogen-bond acceptors (Lipinski definition) is 4. The number of aryl methyl sites for hydroxylation is 1. The molecule has 0 aliphatic heterocycles. The van der Waals surface area contributed by atoms with Crippen LogP contribution in [0.15, 0.2) is 42.5 Å². The lowest BCUT2D eigenvalue weighted by Crippen LogP contribution is -2.21. The van der Waals surface area contributed by atoms with Gasteiger partial charge in [0.05, 0.1) is 21.3 Å². The monoisotopic (exact) mass is 385 g/mol. The first kappa shape index (κ1) is 18.0. The first-order chi connectivity index (χ1) is 12.5. The lowest BCUT2D eigenvalue weighted by Gasteiger charge is -2.13. The van der Waals surface area contributed by atoms with Crippen LogP contribution in [-0.2, 0) is 4.79 Å². The summed E-state index contributed by atoms with van der Waals surface area (Å²) in [6, 6.07) is 13.9. The number of nitriles is 1. The molecule has 0 saturated carbocycles. The highest BCUT2D eigenvalue weighted by Crippen LogP contribution is 2.37. The molecule has 5 nitrogen and oxygen atoms in total. The number of nitrogens with one attached hydrogen (secondary N) is 1. The van der Waals surface area contributed by atoms with Crippen molar-refractivity contribution in [3.8, 4) is 11.8 Å². The number of carbonyl (C=O) groups is 1. The predicted molar refractivity (Wildman–Crippen MR) is 102 cm³/mol. The lowest BCUT2D eigenvalue weighted by atomic mass is 10.2. The lowest BCUT2D eigenvalue weighted by molar-refractivity contribution is -0.118. The van der Waals surface area contributed by atoms with Crippen LogP contribution in [0.25, 0.3) is 10.9 Å². The summed E-state index contributed by atoms with van der Waals surface area (Å²) in [4.78, 5) is 16.6. The van der Waals surface area contributed by atoms with Gasteiger partial charge in [-0.3, -0.25) is 4.79 Å². The van der Waals surface area contributed by atoms with Crippen LogP contribution in [0, 0.1) is 18.3 Å². The number of fused-ring (bicyclic) bond motifs is 1. The van der Waals surface area contributed by atoms with Crippen molar-refractivity contribution in [3.63, 3.8) is 0 Å². The maximum atomic E-state index is 12.2. The zero-order valence-electron chi connectivity index (χ0n) is 13.7. The second-order valence-corrected chi connectivity index (χ2v) is 6.33. The van der Waals surface area contributed by atoms with E-state index in [4.69, 9.17) is 33.2 Å². The maximum absolute atomic E-state index is 12.2. The van der Waals surface area contributed by atoms with E-state index in [1.165, 1.54) is 0 Å². The molecule has 0 bridgehead atoms. The quantitative estimate of drug-likeness (QED) is 0.703. The molecule has 3 aromatic rings. The van der Waals surface area contributed by atoms with Gasteiger partial charge < -0.3 is 10.1 Å². The average Bonchev–Trinajstić information content (AvgIpc) is 2.61. The van der Waals surface area contributed by atoms with Crippen LogP contribution in [0.5, 0.6) is 5.75 Å². The Hall–Kier alpha value is -2.81. The SMILES string of the molecule is Cc1ccc2c(Cl)cc(Cl)c(OCC(=O)Nc3ccccc3C#N)c2n1. The summed E-state index contributed by atoms with van der Waals surface area (Å²) in [7, 11) is 0. The highest BCUT2D eigenvalue weighted by molar-refractivity contribution is 6.39. The summed E-state index contributed by atoms with van der Waals surface area (Å²) in [5, 5.41) is 13.1. The summed E-state index contributed by atoms with van der Waals surface area (Å²) in [5.74, 6) is -0.127. The van der Waals surface area contributed by atoms with E-state index in [0.717, 1.165) is 5.69 Å². The third kappa shape index (κ3) is 3.72. The normalized spacial score (nSPS) is 10.4. The summed E-state index contributed by atoms with van der Waals surface area (Å²) >= 11 is 12.4. The van der Waals surface area contributed by atoms with Gasteiger partial charge in [-0.15, -0.1) is 0 Å². The van der Waals surface area contributed by atoms with Crippen molar-refractivity contribution in [2.75, 3.05) is 11.9 Å². The van der Waals surface area contributed by atoms with Crippen molar-refractivity contribution in [3.05, 3.63) is 63.8 Å². The molecule has 26 heavy (non-hydrogen) atoms. The topological polar surface area (TPSA) is 75.0 Å². The first-order valence-electron chi connectivity index (χ1n) is 7.66. The van der Waals surface area contributed by atoms with Crippen LogP contribution in [-0.4, -0.2) is 17.5 Å². The Morgan fingerprint density at radius 3 is 2.77 bits per heavy atom. The zero-order chi connectivity index (χ0) is 18.7. The summed E-state index contributed by atoms with van der Waals surface area (Å²) < 4.78 is 5.62. The van der Waals surface area contributed by atoms with Crippen molar-refractivity contribution in [2.45, 2.75) is 6.92 Å². The zero-order valence-corrected chi connectivity index (χ0v) is 15.2. The number of para-hydroxylation sites is 1. The Bertz CT molecular complexity index is 1040. The van der Waals surface area contributed by atoms with E-state index < -0.39 is 5.91 Å². The Kier molecular flexibility index (Phi) is 5.27. The molecule has 0 unspecified atom stereocenters. The fourth-order valence-electron chi connectivity index (χ4n) is 2.44. The molecule has 0 atom stereocenters. The molecule has 0 aliphatic carbocycles. The van der Waals surface area contributed by atoms with Crippen LogP contribution in [0.1, 0.15) is 11.3 Å². The van der Waals surface area contributed by atoms with Crippen LogP contribution in [0.4, 0.5) is 5.69 Å². The third-order valence-corrected chi connectivity index (χ3v) is 4.24. The fraction of sp³-hybridized carbons (Fsp3) is 0.105. The molecule has 1 aromatic heterocycles. The molecule has 1 heterocycles. The van der Waals surface area contributed by atoms with Gasteiger partial charge in [0.2, 0.25) is 0 Å². The molecule has 0 saturated heterocycles. The minimum Gasteiger partial charge on any atom is -0.480 e. The third-order valence-electron chi connectivity index (χ3n) is 3.65. The van der Waals surface area contributed by atoms with Crippen molar-refractivity contribution in [2.24, 2.45) is 0 Å². The molecule has 0 aliphatic rings. The molecule has 0 spiro atoms. The van der Waals surface area contributed by atoms with Gasteiger partial charge >= 0.3 is 0 Å². The van der Waals surface area contributed by atoms with E-state index in [2.05, 4.69) is 10.3 Å². The second-order valence-electron chi connectivity index (χ2n) is 5.51. The number of ether oxygens (including phenoxy) is 1. The number of anilines is 1. The van der Waals surface area contributed by atoms with Gasteiger partial charge in [0.1, 0.15) is 11.6 Å². The molecule has 3 rings (SSSR count). The van der Waals surface area contributed by atoms with Gasteiger partial charge in [-0.05, 0) is 37.3 Å². The minimum absolute atomic E-state index is 0.269. The van der Waals surface area contributed by atoms with Crippen LogP contribution < -0.4 is 10.1 Å². The first-order valence-corrected chi connectivity index (χ1v) is 8.42. The summed E-state index contributed by atoms with van der Waals surface area (Å²) in [6.07, 6.45) is 0. The Morgan fingerprint density at radius 1 is 1.23 bits per heavy atom. The van der Waals surface area contributed by atoms with Gasteiger partial charge in [0.15, 0.2) is 12.4 Å². The maximum Gasteiger partial charge on any atom is 0.262 e. The highest BCUT2D eigenvalue weighted by atomic mass is 35.5. The van der Waals surface area contributed by atoms with Gasteiger partial charge in [-0.25, -0.2) is 4.98 Å². The number of carbonyl (C=O) groups excluding carboxylic acids is 1. The molecule has 1 N–H and O–H groups in total. The van der Waals surface area contributed by atoms with Crippen molar-refractivity contribution in [1.82, 2.24) is 4.98 Å². The van der Waals surface area contributed by atoms with Gasteiger partial charge in [-0.2, -0.15) is 5.26 Å². The fourth-order valence-corrected chi connectivity index (χ4v) is 3.01. The molecule has 130 valence electrons. The number of nitrogens with zero attached hydrogens (tertiary/aromatic N) is 2. The number of halogens is 2. The smallest absolute Gasteiger partial charge is 0.262 e. The van der Waals surface area contributed by atoms with Crippen molar-refractivity contribution < 1.29 is 9.53 Å². The van der Waals surface area contributed by atoms with Gasteiger partial charge in [-0.1, -0.05) is 35.3 Å². The number of rotatable bonds is 4. The number of pyridine rings is 1. The molecular formula is C19H13Cl2N3O2. The predicted octanol–water partition coefficient (Wildman–Crippen LogP) is 4.74. The van der Waals surface area contributed by atoms with E-state index >= 15 is 0 Å². The van der Waals surface area contributed by atoms with E-state index in [0.29, 0.717) is 32.9 Å². The largest absolute Gasteiger partial charge is 0.480 e. The van der Waals surface area contributed by atoms with E-state index in [1.807, 2.05) is 25.1 Å². The number of hydrogen-bond donors (Lipinski definition) is 1. The molecule has 2 aromatic carbocycles. The van der Waals surface area contributed by atoms with E-state index in [9.17, 15) is 4.79 Å². The van der Waals surface area contributed by atoms with Crippen molar-refractivity contribution in [1.29, 1.82) is 5.26 Å². The number of aromatic nitrogens is 1. The molecule has 7 heteroatoms.